The second-order valence-electron chi connectivity index (χ2n) is 2.28. The Morgan fingerprint density at radius 2 is 2.45 bits per heavy atom. The summed E-state index contributed by atoms with van der Waals surface area (Å²) >= 11 is 0. The smallest absolute Gasteiger partial charge is 0.0855 e. The van der Waals surface area contributed by atoms with Crippen LogP contribution in [0.25, 0.3) is 5.70 Å². The van der Waals surface area contributed by atoms with Gasteiger partial charge in [0.15, 0.2) is 0 Å². The zero-order valence-corrected chi connectivity index (χ0v) is 6.62. The second-order valence-corrected chi connectivity index (χ2v) is 2.28. The van der Waals surface area contributed by atoms with Crippen LogP contribution in [0.15, 0.2) is 30.5 Å². The average Bonchev–Trinajstić information content (AvgIpc) is 2.07. The van der Waals surface area contributed by atoms with Crippen LogP contribution < -0.4 is 5.73 Å². The van der Waals surface area contributed by atoms with Crippen LogP contribution in [0.3, 0.4) is 0 Å². The molecule has 0 aliphatic heterocycles. The number of aromatic nitrogens is 1. The number of hydrogen-bond acceptors (Lipinski definition) is 2. The zero-order chi connectivity index (χ0) is 8.10. The summed E-state index contributed by atoms with van der Waals surface area (Å²) < 4.78 is 0. The van der Waals surface area contributed by atoms with Crippen molar-refractivity contribution in [2.45, 2.75) is 13.3 Å². The minimum Gasteiger partial charge on any atom is -0.397 e. The Kier molecular flexibility index (Phi) is 2.66. The van der Waals surface area contributed by atoms with Gasteiger partial charge in [-0.3, -0.25) is 4.98 Å². The lowest BCUT2D eigenvalue weighted by Gasteiger charge is -1.97. The van der Waals surface area contributed by atoms with Crippen molar-refractivity contribution in [3.63, 3.8) is 0 Å². The van der Waals surface area contributed by atoms with E-state index in [1.54, 1.807) is 6.20 Å². The largest absolute Gasteiger partial charge is 0.397 e. The van der Waals surface area contributed by atoms with Gasteiger partial charge < -0.3 is 5.73 Å². The molecule has 0 saturated heterocycles. The van der Waals surface area contributed by atoms with E-state index in [-0.39, 0.29) is 0 Å². The summed E-state index contributed by atoms with van der Waals surface area (Å²) in [6.07, 6.45) is 4.65. The van der Waals surface area contributed by atoms with Gasteiger partial charge in [0.05, 0.1) is 11.4 Å². The highest BCUT2D eigenvalue weighted by atomic mass is 14.7. The van der Waals surface area contributed by atoms with Crippen molar-refractivity contribution in [1.29, 1.82) is 0 Å². The van der Waals surface area contributed by atoms with E-state index in [9.17, 15) is 0 Å². The molecule has 0 unspecified atom stereocenters. The fraction of sp³-hybridized carbons (Fsp3) is 0.222. The minimum absolute atomic E-state index is 0.758. The van der Waals surface area contributed by atoms with Crippen LogP contribution in [0, 0.1) is 0 Å². The van der Waals surface area contributed by atoms with Gasteiger partial charge in [-0.1, -0.05) is 19.1 Å². The first-order valence-corrected chi connectivity index (χ1v) is 3.71. The molecule has 0 bridgehead atoms. The molecule has 0 atom stereocenters. The third-order valence-corrected chi connectivity index (χ3v) is 1.38. The molecule has 2 nitrogen and oxygen atoms in total. The molecule has 1 heterocycles. The van der Waals surface area contributed by atoms with Crippen LogP contribution in [0.4, 0.5) is 0 Å². The molecule has 2 N–H and O–H groups in total. The molecule has 0 amide bonds. The van der Waals surface area contributed by atoms with Crippen molar-refractivity contribution >= 4 is 5.70 Å². The molecule has 0 aromatic carbocycles. The van der Waals surface area contributed by atoms with Crippen molar-refractivity contribution in [3.8, 4) is 0 Å². The number of rotatable bonds is 2. The molecule has 2 heteroatoms. The lowest BCUT2D eigenvalue weighted by Crippen LogP contribution is -1.97. The van der Waals surface area contributed by atoms with E-state index < -0.39 is 0 Å². The zero-order valence-electron chi connectivity index (χ0n) is 6.62. The first-order chi connectivity index (χ1) is 5.34. The fourth-order valence-corrected chi connectivity index (χ4v) is 0.858. The number of nitrogens with two attached hydrogens (primary N) is 1. The van der Waals surface area contributed by atoms with E-state index >= 15 is 0 Å². The number of nitrogens with zero attached hydrogens (tertiary/aromatic N) is 1. The molecule has 1 rings (SSSR count). The number of pyridine rings is 1. The summed E-state index contributed by atoms with van der Waals surface area (Å²) in [6, 6.07) is 5.71. The maximum absolute atomic E-state index is 5.70. The van der Waals surface area contributed by atoms with Crippen LogP contribution in [0.5, 0.6) is 0 Å². The van der Waals surface area contributed by atoms with Gasteiger partial charge in [-0.05, 0) is 18.6 Å². The summed E-state index contributed by atoms with van der Waals surface area (Å²) in [7, 11) is 0. The highest BCUT2D eigenvalue weighted by Crippen LogP contribution is 2.03. The Morgan fingerprint density at radius 3 is 3.00 bits per heavy atom. The van der Waals surface area contributed by atoms with Crippen molar-refractivity contribution in [3.05, 3.63) is 36.2 Å². The van der Waals surface area contributed by atoms with E-state index in [0.29, 0.717) is 0 Å². The summed E-state index contributed by atoms with van der Waals surface area (Å²) in [4.78, 5) is 4.10. The molecule has 11 heavy (non-hydrogen) atoms. The lowest BCUT2D eigenvalue weighted by molar-refractivity contribution is 1.19. The average molecular weight is 148 g/mol. The summed E-state index contributed by atoms with van der Waals surface area (Å²) in [5.74, 6) is 0. The van der Waals surface area contributed by atoms with Crippen molar-refractivity contribution in [2.24, 2.45) is 5.73 Å². The van der Waals surface area contributed by atoms with E-state index in [2.05, 4.69) is 11.9 Å². The van der Waals surface area contributed by atoms with Crippen LogP contribution in [0.1, 0.15) is 19.0 Å². The standard InChI is InChI=1S/C9H12N2/c1-2-5-8(10)9-6-3-4-7-11-9/h3-7H,2,10H2,1H3. The molecular formula is C9H12N2. The normalized spacial score (nSPS) is 11.5. The molecule has 0 radical (unpaired) electrons. The van der Waals surface area contributed by atoms with Crippen molar-refractivity contribution < 1.29 is 0 Å². The van der Waals surface area contributed by atoms with Crippen LogP contribution in [-0.4, -0.2) is 4.98 Å². The van der Waals surface area contributed by atoms with Gasteiger partial charge >= 0.3 is 0 Å². The quantitative estimate of drug-likeness (QED) is 0.694. The molecular weight excluding hydrogens is 136 g/mol. The van der Waals surface area contributed by atoms with E-state index in [1.165, 1.54) is 0 Å². The molecule has 58 valence electrons. The Balaban J connectivity index is 2.85. The van der Waals surface area contributed by atoms with Gasteiger partial charge in [0.25, 0.3) is 0 Å². The van der Waals surface area contributed by atoms with Gasteiger partial charge in [0.1, 0.15) is 0 Å². The molecule has 1 aromatic rings. The topological polar surface area (TPSA) is 38.9 Å². The van der Waals surface area contributed by atoms with E-state index in [4.69, 9.17) is 5.73 Å². The van der Waals surface area contributed by atoms with Gasteiger partial charge in [0, 0.05) is 6.20 Å². The maximum atomic E-state index is 5.70. The van der Waals surface area contributed by atoms with Crippen LogP contribution >= 0.6 is 0 Å². The first kappa shape index (κ1) is 7.79. The van der Waals surface area contributed by atoms with E-state index in [0.717, 1.165) is 17.8 Å². The van der Waals surface area contributed by atoms with Crippen LogP contribution in [-0.2, 0) is 0 Å². The fourth-order valence-electron chi connectivity index (χ4n) is 0.858. The summed E-state index contributed by atoms with van der Waals surface area (Å²) in [5, 5.41) is 0. The third-order valence-electron chi connectivity index (χ3n) is 1.38. The maximum Gasteiger partial charge on any atom is 0.0855 e. The lowest BCUT2D eigenvalue weighted by atomic mass is 10.2. The SMILES string of the molecule is CCC=C(N)c1ccccn1. The molecule has 1 aromatic heterocycles. The summed E-state index contributed by atoms with van der Waals surface area (Å²) in [6.45, 7) is 2.05. The van der Waals surface area contributed by atoms with Gasteiger partial charge in [-0.25, -0.2) is 0 Å². The minimum atomic E-state index is 0.758. The predicted molar refractivity (Wildman–Crippen MR) is 46.7 cm³/mol. The predicted octanol–water partition coefficient (Wildman–Crippen LogP) is 1.79. The highest BCUT2D eigenvalue weighted by molar-refractivity contribution is 5.58. The Hall–Kier alpha value is -1.31. The Labute approximate surface area is 66.8 Å². The third kappa shape index (κ3) is 2.08. The first-order valence-electron chi connectivity index (χ1n) is 3.71. The molecule has 0 spiro atoms. The van der Waals surface area contributed by atoms with Gasteiger partial charge in [-0.2, -0.15) is 0 Å². The monoisotopic (exact) mass is 148 g/mol. The molecule has 0 aliphatic rings. The van der Waals surface area contributed by atoms with Crippen molar-refractivity contribution in [2.75, 3.05) is 0 Å². The highest BCUT2D eigenvalue weighted by Gasteiger charge is 1.92. The Bertz CT molecular complexity index is 239. The Morgan fingerprint density at radius 1 is 1.64 bits per heavy atom. The second kappa shape index (κ2) is 3.76. The van der Waals surface area contributed by atoms with Crippen molar-refractivity contribution in [1.82, 2.24) is 4.98 Å². The van der Waals surface area contributed by atoms with Crippen LogP contribution in [0.2, 0.25) is 0 Å². The summed E-state index contributed by atoms with van der Waals surface area (Å²) in [5.41, 5.74) is 7.32. The van der Waals surface area contributed by atoms with E-state index in [1.807, 2.05) is 24.3 Å². The van der Waals surface area contributed by atoms with Gasteiger partial charge in [-0.15, -0.1) is 0 Å². The molecule has 0 fully saturated rings. The molecule has 0 aliphatic carbocycles. The number of hydrogen-bond donors (Lipinski definition) is 1. The number of allylic oxidation sites excluding steroid dienone is 1. The molecule has 0 saturated carbocycles. The van der Waals surface area contributed by atoms with Gasteiger partial charge in [0.2, 0.25) is 0 Å².